The van der Waals surface area contributed by atoms with E-state index in [2.05, 4.69) is 48.0 Å². The molecular formula is C16H18BrNO. The second kappa shape index (κ2) is 5.76. The first-order valence-electron chi connectivity index (χ1n) is 6.19. The zero-order chi connectivity index (χ0) is 14.0. The summed E-state index contributed by atoms with van der Waals surface area (Å²) in [6.07, 6.45) is 0. The van der Waals surface area contributed by atoms with Crippen LogP contribution in [0.5, 0.6) is 5.75 Å². The van der Waals surface area contributed by atoms with Gasteiger partial charge in [0.15, 0.2) is 0 Å². The lowest BCUT2D eigenvalue weighted by Gasteiger charge is -2.18. The van der Waals surface area contributed by atoms with Gasteiger partial charge in [0.25, 0.3) is 0 Å². The Hall–Kier alpha value is -1.32. The normalized spacial score (nSPS) is 12.3. The van der Waals surface area contributed by atoms with Crippen LogP contribution in [0.15, 0.2) is 40.9 Å². The van der Waals surface area contributed by atoms with Gasteiger partial charge in [0, 0.05) is 4.47 Å². The Bertz CT molecular complexity index is 595. The van der Waals surface area contributed by atoms with Crippen molar-refractivity contribution >= 4 is 15.9 Å². The summed E-state index contributed by atoms with van der Waals surface area (Å²) in [6.45, 7) is 4.17. The van der Waals surface area contributed by atoms with Gasteiger partial charge in [-0.1, -0.05) is 45.8 Å². The molecule has 0 spiro atoms. The first-order valence-corrected chi connectivity index (χ1v) is 6.98. The summed E-state index contributed by atoms with van der Waals surface area (Å²) >= 11 is 3.57. The maximum Gasteiger partial charge on any atom is 0.120 e. The number of rotatable bonds is 3. The Morgan fingerprint density at radius 3 is 2.42 bits per heavy atom. The Kier molecular flexibility index (Phi) is 4.27. The summed E-state index contributed by atoms with van der Waals surface area (Å²) < 4.78 is 6.18. The largest absolute Gasteiger partial charge is 0.497 e. The van der Waals surface area contributed by atoms with Gasteiger partial charge in [-0.2, -0.15) is 0 Å². The van der Waals surface area contributed by atoms with Crippen LogP contribution in [0, 0.1) is 13.8 Å². The maximum atomic E-state index is 6.41. The van der Waals surface area contributed by atoms with E-state index in [-0.39, 0.29) is 6.04 Å². The molecule has 2 rings (SSSR count). The summed E-state index contributed by atoms with van der Waals surface area (Å²) in [5.74, 6) is 0.823. The third-order valence-electron chi connectivity index (χ3n) is 3.31. The number of aryl methyl sites for hydroxylation is 2. The van der Waals surface area contributed by atoms with E-state index in [1.54, 1.807) is 7.11 Å². The van der Waals surface area contributed by atoms with Crippen LogP contribution in [-0.4, -0.2) is 7.11 Å². The van der Waals surface area contributed by atoms with Crippen molar-refractivity contribution in [2.45, 2.75) is 19.9 Å². The molecule has 2 aromatic carbocycles. The highest BCUT2D eigenvalue weighted by atomic mass is 79.9. The van der Waals surface area contributed by atoms with Crippen molar-refractivity contribution in [1.82, 2.24) is 0 Å². The van der Waals surface area contributed by atoms with Crippen LogP contribution < -0.4 is 10.5 Å². The smallest absolute Gasteiger partial charge is 0.120 e. The number of nitrogens with two attached hydrogens (primary N) is 1. The molecule has 3 heteroatoms. The van der Waals surface area contributed by atoms with Crippen LogP contribution in [0.1, 0.15) is 28.3 Å². The van der Waals surface area contributed by atoms with E-state index in [9.17, 15) is 0 Å². The molecule has 0 bridgehead atoms. The average Bonchev–Trinajstić information content (AvgIpc) is 2.40. The molecule has 0 aliphatic carbocycles. The van der Waals surface area contributed by atoms with Gasteiger partial charge in [-0.25, -0.2) is 0 Å². The molecule has 100 valence electrons. The molecule has 0 radical (unpaired) electrons. The van der Waals surface area contributed by atoms with E-state index in [0.29, 0.717) is 0 Å². The molecule has 0 aliphatic rings. The predicted octanol–water partition coefficient (Wildman–Crippen LogP) is 4.12. The first kappa shape index (κ1) is 14.1. The number of halogens is 1. The zero-order valence-corrected chi connectivity index (χ0v) is 13.0. The Morgan fingerprint density at radius 2 is 1.79 bits per heavy atom. The lowest BCUT2D eigenvalue weighted by molar-refractivity contribution is 0.414. The highest BCUT2D eigenvalue weighted by Gasteiger charge is 2.15. The van der Waals surface area contributed by atoms with Crippen LogP contribution >= 0.6 is 15.9 Å². The van der Waals surface area contributed by atoms with Crippen molar-refractivity contribution < 1.29 is 4.74 Å². The van der Waals surface area contributed by atoms with Gasteiger partial charge in [-0.3, -0.25) is 0 Å². The molecule has 0 heterocycles. The quantitative estimate of drug-likeness (QED) is 0.923. The van der Waals surface area contributed by atoms with Crippen LogP contribution in [0.3, 0.4) is 0 Å². The lowest BCUT2D eigenvalue weighted by Crippen LogP contribution is -2.14. The molecule has 1 atom stereocenters. The predicted molar refractivity (Wildman–Crippen MR) is 82.6 cm³/mol. The fraction of sp³-hybridized carbons (Fsp3) is 0.250. The van der Waals surface area contributed by atoms with E-state index in [0.717, 1.165) is 21.3 Å². The molecule has 19 heavy (non-hydrogen) atoms. The summed E-state index contributed by atoms with van der Waals surface area (Å²) in [5, 5.41) is 0. The molecule has 1 unspecified atom stereocenters. The molecule has 2 N–H and O–H groups in total. The molecular weight excluding hydrogens is 302 g/mol. The van der Waals surface area contributed by atoms with Crippen molar-refractivity contribution in [2.75, 3.05) is 7.11 Å². The van der Waals surface area contributed by atoms with Gasteiger partial charge >= 0.3 is 0 Å². The highest BCUT2D eigenvalue weighted by Crippen LogP contribution is 2.31. The number of benzene rings is 2. The first-order chi connectivity index (χ1) is 9.02. The highest BCUT2D eigenvalue weighted by molar-refractivity contribution is 9.10. The average molecular weight is 320 g/mol. The van der Waals surface area contributed by atoms with Crippen molar-refractivity contribution in [3.8, 4) is 5.75 Å². The van der Waals surface area contributed by atoms with E-state index in [4.69, 9.17) is 10.5 Å². The minimum absolute atomic E-state index is 0.139. The number of methoxy groups -OCH3 is 1. The number of hydrogen-bond acceptors (Lipinski definition) is 2. The SMILES string of the molecule is COc1ccc(C(N)c2cc(C)ccc2C)c(Br)c1. The fourth-order valence-corrected chi connectivity index (χ4v) is 2.75. The van der Waals surface area contributed by atoms with Gasteiger partial charge in [0.2, 0.25) is 0 Å². The van der Waals surface area contributed by atoms with Crippen LogP contribution in [0.25, 0.3) is 0 Å². The molecule has 2 nitrogen and oxygen atoms in total. The van der Waals surface area contributed by atoms with E-state index < -0.39 is 0 Å². The Labute approximate surface area is 122 Å². The van der Waals surface area contributed by atoms with Gasteiger partial charge in [-0.15, -0.1) is 0 Å². The Balaban J connectivity index is 2.43. The molecule has 0 saturated heterocycles. The summed E-state index contributed by atoms with van der Waals surface area (Å²) in [6, 6.07) is 12.1. The molecule has 0 aliphatic heterocycles. The van der Waals surface area contributed by atoms with Crippen molar-refractivity contribution in [2.24, 2.45) is 5.73 Å². The summed E-state index contributed by atoms with van der Waals surface area (Å²) in [7, 11) is 1.66. The van der Waals surface area contributed by atoms with Crippen molar-refractivity contribution in [3.05, 3.63) is 63.1 Å². The van der Waals surface area contributed by atoms with Gasteiger partial charge in [0.05, 0.1) is 13.2 Å². The van der Waals surface area contributed by atoms with Crippen LogP contribution in [0.4, 0.5) is 0 Å². The number of ether oxygens (including phenoxy) is 1. The standard InChI is InChI=1S/C16H18BrNO/c1-10-4-5-11(2)14(8-10)16(18)13-7-6-12(19-3)9-15(13)17/h4-9,16H,18H2,1-3H3. The van der Waals surface area contributed by atoms with E-state index in [1.807, 2.05) is 18.2 Å². The van der Waals surface area contributed by atoms with Crippen LogP contribution in [-0.2, 0) is 0 Å². The minimum atomic E-state index is -0.139. The molecule has 0 amide bonds. The molecule has 0 fully saturated rings. The third kappa shape index (κ3) is 2.99. The molecule has 0 saturated carbocycles. The topological polar surface area (TPSA) is 35.2 Å². The second-order valence-electron chi connectivity index (χ2n) is 4.73. The zero-order valence-electron chi connectivity index (χ0n) is 11.4. The lowest BCUT2D eigenvalue weighted by atomic mass is 9.94. The van der Waals surface area contributed by atoms with Crippen LogP contribution in [0.2, 0.25) is 0 Å². The summed E-state index contributed by atoms with van der Waals surface area (Å²) in [5.41, 5.74) is 11.1. The maximum absolute atomic E-state index is 6.41. The van der Waals surface area contributed by atoms with Crippen molar-refractivity contribution in [3.63, 3.8) is 0 Å². The van der Waals surface area contributed by atoms with Gasteiger partial charge in [0.1, 0.15) is 5.75 Å². The van der Waals surface area contributed by atoms with Gasteiger partial charge in [-0.05, 0) is 42.7 Å². The monoisotopic (exact) mass is 319 g/mol. The van der Waals surface area contributed by atoms with Crippen molar-refractivity contribution in [1.29, 1.82) is 0 Å². The second-order valence-corrected chi connectivity index (χ2v) is 5.58. The Morgan fingerprint density at radius 1 is 1.05 bits per heavy atom. The van der Waals surface area contributed by atoms with E-state index >= 15 is 0 Å². The molecule has 0 aromatic heterocycles. The molecule has 2 aromatic rings. The fourth-order valence-electron chi connectivity index (χ4n) is 2.15. The minimum Gasteiger partial charge on any atom is -0.497 e. The summed E-state index contributed by atoms with van der Waals surface area (Å²) in [4.78, 5) is 0. The third-order valence-corrected chi connectivity index (χ3v) is 4.00. The number of hydrogen-bond donors (Lipinski definition) is 1. The van der Waals surface area contributed by atoms with Gasteiger partial charge < -0.3 is 10.5 Å². The van der Waals surface area contributed by atoms with E-state index in [1.165, 1.54) is 11.1 Å².